The average molecular weight is 365 g/mol. The first-order chi connectivity index (χ1) is 11.5. The van der Waals surface area contributed by atoms with Crippen LogP contribution in [0.5, 0.6) is 0 Å². The van der Waals surface area contributed by atoms with Crippen molar-refractivity contribution in [2.75, 3.05) is 6.61 Å². The molecule has 0 aliphatic heterocycles. The van der Waals surface area contributed by atoms with Crippen molar-refractivity contribution in [3.05, 3.63) is 44.3 Å². The zero-order valence-corrected chi connectivity index (χ0v) is 15.2. The normalized spacial score (nSPS) is 11.8. The van der Waals surface area contributed by atoms with E-state index in [0.717, 1.165) is 9.75 Å². The van der Waals surface area contributed by atoms with Gasteiger partial charge in [-0.1, -0.05) is 6.07 Å². The predicted octanol–water partition coefficient (Wildman–Crippen LogP) is 3.50. The number of ketones is 1. The van der Waals surface area contributed by atoms with Crippen molar-refractivity contribution in [3.63, 3.8) is 0 Å². The Morgan fingerprint density at radius 3 is 2.62 bits per heavy atom. The summed E-state index contributed by atoms with van der Waals surface area (Å²) in [5.74, 6) is -0.985. The number of hydrogen-bond donors (Lipinski definition) is 1. The van der Waals surface area contributed by atoms with Crippen LogP contribution < -0.4 is 5.32 Å². The Labute approximate surface area is 148 Å². The minimum Gasteiger partial charge on any atom is -0.456 e. The summed E-state index contributed by atoms with van der Waals surface area (Å²) in [4.78, 5) is 38.1. The molecule has 1 amide bonds. The number of carbonyl (C=O) groups excluding carboxylic acids is 3. The Kier molecular flexibility index (Phi) is 6.69. The highest BCUT2D eigenvalue weighted by Gasteiger charge is 2.14. The van der Waals surface area contributed by atoms with Crippen LogP contribution in [0.15, 0.2) is 29.6 Å². The van der Waals surface area contributed by atoms with Crippen molar-refractivity contribution in [2.24, 2.45) is 0 Å². The van der Waals surface area contributed by atoms with Gasteiger partial charge in [0.2, 0.25) is 0 Å². The standard InChI is InChI=1S/C17H19NO4S2/c1-11-5-7-15(24-11)13(19)6-8-17(21)22-10-16(20)18-12(2)14-4-3-9-23-14/h3-5,7,9,12H,6,8,10H2,1-2H3,(H,18,20)/t12-/m1/s1. The van der Waals surface area contributed by atoms with Crippen LogP contribution in [0.1, 0.15) is 45.2 Å². The van der Waals surface area contributed by atoms with E-state index in [1.54, 1.807) is 17.4 Å². The third kappa shape index (κ3) is 5.58. The third-order valence-corrected chi connectivity index (χ3v) is 5.38. The molecule has 0 saturated carbocycles. The van der Waals surface area contributed by atoms with Crippen LogP contribution in [0.4, 0.5) is 0 Å². The fourth-order valence-corrected chi connectivity index (χ4v) is 3.60. The van der Waals surface area contributed by atoms with Gasteiger partial charge in [0, 0.05) is 16.2 Å². The lowest BCUT2D eigenvalue weighted by molar-refractivity contribution is -0.148. The van der Waals surface area contributed by atoms with Gasteiger partial charge in [0.05, 0.1) is 17.3 Å². The van der Waals surface area contributed by atoms with Crippen LogP contribution in [0.25, 0.3) is 0 Å². The van der Waals surface area contributed by atoms with Crippen molar-refractivity contribution < 1.29 is 19.1 Å². The first-order valence-electron chi connectivity index (χ1n) is 7.53. The molecule has 7 heteroatoms. The summed E-state index contributed by atoms with van der Waals surface area (Å²) in [6.07, 6.45) is 0.0650. The highest BCUT2D eigenvalue weighted by molar-refractivity contribution is 7.14. The average Bonchev–Trinajstić information content (AvgIpc) is 3.22. The van der Waals surface area contributed by atoms with Gasteiger partial charge < -0.3 is 10.1 Å². The first kappa shape index (κ1) is 18.4. The molecule has 1 atom stereocenters. The molecule has 0 aliphatic rings. The van der Waals surface area contributed by atoms with Gasteiger partial charge in [-0.25, -0.2) is 0 Å². The van der Waals surface area contributed by atoms with E-state index in [-0.39, 0.29) is 37.2 Å². The Morgan fingerprint density at radius 2 is 2.00 bits per heavy atom. The Bertz CT molecular complexity index is 706. The molecule has 0 unspecified atom stereocenters. The topological polar surface area (TPSA) is 72.5 Å². The molecule has 0 spiro atoms. The van der Waals surface area contributed by atoms with Crippen molar-refractivity contribution in [1.82, 2.24) is 5.32 Å². The summed E-state index contributed by atoms with van der Waals surface area (Å²) in [7, 11) is 0. The number of rotatable bonds is 8. The Balaban J connectivity index is 1.67. The quantitative estimate of drug-likeness (QED) is 0.574. The zero-order chi connectivity index (χ0) is 17.5. The van der Waals surface area contributed by atoms with Crippen LogP contribution >= 0.6 is 22.7 Å². The predicted molar refractivity (Wildman–Crippen MR) is 94.5 cm³/mol. The number of thiophene rings is 2. The van der Waals surface area contributed by atoms with Crippen LogP contribution in [-0.2, 0) is 14.3 Å². The fourth-order valence-electron chi connectivity index (χ4n) is 2.03. The van der Waals surface area contributed by atoms with Gasteiger partial charge in [0.15, 0.2) is 12.4 Å². The molecular weight excluding hydrogens is 346 g/mol. The molecular formula is C17H19NO4S2. The molecule has 0 aliphatic carbocycles. The molecule has 0 fully saturated rings. The molecule has 2 aromatic rings. The number of carbonyl (C=O) groups is 3. The molecule has 0 bridgehead atoms. The lowest BCUT2D eigenvalue weighted by Gasteiger charge is -2.12. The zero-order valence-electron chi connectivity index (χ0n) is 13.5. The van der Waals surface area contributed by atoms with Crippen LogP contribution in [0, 0.1) is 6.92 Å². The number of aryl methyl sites for hydroxylation is 1. The van der Waals surface area contributed by atoms with E-state index in [9.17, 15) is 14.4 Å². The number of esters is 1. The Hall–Kier alpha value is -1.99. The van der Waals surface area contributed by atoms with Gasteiger partial charge in [0.25, 0.3) is 5.91 Å². The van der Waals surface area contributed by atoms with E-state index in [4.69, 9.17) is 4.74 Å². The van der Waals surface area contributed by atoms with E-state index < -0.39 is 5.97 Å². The lowest BCUT2D eigenvalue weighted by Crippen LogP contribution is -2.30. The van der Waals surface area contributed by atoms with E-state index in [0.29, 0.717) is 4.88 Å². The number of amides is 1. The number of ether oxygens (including phenoxy) is 1. The van der Waals surface area contributed by atoms with Gasteiger partial charge in [-0.05, 0) is 37.4 Å². The van der Waals surface area contributed by atoms with Gasteiger partial charge in [-0.2, -0.15) is 0 Å². The fraction of sp³-hybridized carbons (Fsp3) is 0.353. The molecule has 0 radical (unpaired) electrons. The largest absolute Gasteiger partial charge is 0.456 e. The molecule has 24 heavy (non-hydrogen) atoms. The van der Waals surface area contributed by atoms with E-state index in [2.05, 4.69) is 5.32 Å². The van der Waals surface area contributed by atoms with Crippen molar-refractivity contribution in [2.45, 2.75) is 32.7 Å². The minimum absolute atomic E-state index is 0.0243. The number of hydrogen-bond acceptors (Lipinski definition) is 6. The maximum atomic E-state index is 11.9. The third-order valence-electron chi connectivity index (χ3n) is 3.28. The van der Waals surface area contributed by atoms with Gasteiger partial charge >= 0.3 is 5.97 Å². The maximum absolute atomic E-state index is 11.9. The second kappa shape index (κ2) is 8.75. The van der Waals surface area contributed by atoms with E-state index in [1.807, 2.05) is 37.4 Å². The highest BCUT2D eigenvalue weighted by atomic mass is 32.1. The number of Topliss-reactive ketones (excluding diaryl/α,β-unsaturated/α-hetero) is 1. The van der Waals surface area contributed by atoms with Crippen molar-refractivity contribution in [3.8, 4) is 0 Å². The van der Waals surface area contributed by atoms with Crippen molar-refractivity contribution in [1.29, 1.82) is 0 Å². The molecule has 0 saturated heterocycles. The summed E-state index contributed by atoms with van der Waals surface area (Å²) in [6.45, 7) is 3.46. The second-order valence-corrected chi connectivity index (χ2v) is 7.57. The monoisotopic (exact) mass is 365 g/mol. The van der Waals surface area contributed by atoms with Gasteiger partial charge in [-0.15, -0.1) is 22.7 Å². The summed E-state index contributed by atoms with van der Waals surface area (Å²) in [5, 5.41) is 4.69. The number of nitrogens with one attached hydrogen (secondary N) is 1. The maximum Gasteiger partial charge on any atom is 0.306 e. The van der Waals surface area contributed by atoms with Crippen LogP contribution in [-0.4, -0.2) is 24.3 Å². The van der Waals surface area contributed by atoms with Crippen LogP contribution in [0.3, 0.4) is 0 Å². The highest BCUT2D eigenvalue weighted by Crippen LogP contribution is 2.18. The van der Waals surface area contributed by atoms with E-state index in [1.165, 1.54) is 11.3 Å². The SMILES string of the molecule is Cc1ccc(C(=O)CCC(=O)OCC(=O)N[C@H](C)c2cccs2)s1. The first-order valence-corrected chi connectivity index (χ1v) is 9.23. The van der Waals surface area contributed by atoms with E-state index >= 15 is 0 Å². The summed E-state index contributed by atoms with van der Waals surface area (Å²) in [6, 6.07) is 7.34. The minimum atomic E-state index is -0.546. The molecule has 2 aromatic heterocycles. The lowest BCUT2D eigenvalue weighted by atomic mass is 10.2. The molecule has 5 nitrogen and oxygen atoms in total. The second-order valence-electron chi connectivity index (χ2n) is 5.30. The van der Waals surface area contributed by atoms with Crippen molar-refractivity contribution >= 4 is 40.3 Å². The molecule has 2 rings (SSSR count). The van der Waals surface area contributed by atoms with Gasteiger partial charge in [0.1, 0.15) is 0 Å². The molecule has 0 aromatic carbocycles. The summed E-state index contributed by atoms with van der Waals surface area (Å²) in [5.41, 5.74) is 0. The summed E-state index contributed by atoms with van der Waals surface area (Å²) < 4.78 is 4.92. The molecule has 2 heterocycles. The van der Waals surface area contributed by atoms with Crippen LogP contribution in [0.2, 0.25) is 0 Å². The smallest absolute Gasteiger partial charge is 0.306 e. The van der Waals surface area contributed by atoms with Gasteiger partial charge in [-0.3, -0.25) is 14.4 Å². The summed E-state index contributed by atoms with van der Waals surface area (Å²) >= 11 is 2.96. The molecule has 1 N–H and O–H groups in total. The Morgan fingerprint density at radius 1 is 1.21 bits per heavy atom. The molecule has 128 valence electrons.